The van der Waals surface area contributed by atoms with Crippen molar-refractivity contribution in [1.82, 2.24) is 0 Å². The van der Waals surface area contributed by atoms with E-state index in [0.717, 1.165) is 6.61 Å². The fourth-order valence-corrected chi connectivity index (χ4v) is 0.281. The average molecular weight is 124 g/mol. The molecule has 1 saturated heterocycles. The number of hydrogen-bond donors (Lipinski definition) is 1. The van der Waals surface area contributed by atoms with E-state index in [1.165, 1.54) is 0 Å². The van der Waals surface area contributed by atoms with Crippen molar-refractivity contribution in [3.63, 3.8) is 0 Å². The molecule has 2 nitrogen and oxygen atoms in total. The molecule has 0 aromatic carbocycles. The molecule has 0 aromatic rings. The lowest BCUT2D eigenvalue weighted by Gasteiger charge is -1.92. The van der Waals surface area contributed by atoms with E-state index in [1.807, 2.05) is 7.05 Å². The van der Waals surface area contributed by atoms with Crippen molar-refractivity contribution in [2.75, 3.05) is 13.7 Å². The maximum atomic E-state index is 4.99. The van der Waals surface area contributed by atoms with Crippen LogP contribution in [0.4, 0.5) is 0 Å². The van der Waals surface area contributed by atoms with Crippen molar-refractivity contribution >= 4 is 0 Å². The minimum absolute atomic E-state index is 0. The standard InChI is InChI=1S/C4H9NO.ClH/c1-4(5-2)3-6-4;/h5H,3H2,1-2H3;1H. The first kappa shape index (κ1) is 7.21. The van der Waals surface area contributed by atoms with Crippen LogP contribution in [0.3, 0.4) is 0 Å². The first-order valence-corrected chi connectivity index (χ1v) is 2.21. The topological polar surface area (TPSA) is 29.1 Å². The summed E-state index contributed by atoms with van der Waals surface area (Å²) >= 11 is 0. The second-order valence-corrected chi connectivity index (χ2v) is 1.89. The van der Waals surface area contributed by atoms with Gasteiger partial charge in [-0.05, 0) is 0 Å². The number of quaternary nitrogens is 1. The van der Waals surface area contributed by atoms with Crippen LogP contribution in [0.15, 0.2) is 0 Å². The van der Waals surface area contributed by atoms with Gasteiger partial charge in [0.15, 0.2) is 0 Å². The Labute approximate surface area is 49.6 Å². The van der Waals surface area contributed by atoms with Crippen LogP contribution in [-0.2, 0) is 4.74 Å². The fourth-order valence-electron chi connectivity index (χ4n) is 0.281. The SMILES string of the molecule is C[NH2+]C1(C)CO1.[Cl-]. The Bertz CT molecular complexity index is 62.7. The van der Waals surface area contributed by atoms with Gasteiger partial charge in [0, 0.05) is 6.92 Å². The third-order valence-electron chi connectivity index (χ3n) is 1.21. The van der Waals surface area contributed by atoms with E-state index in [0.29, 0.717) is 0 Å². The molecule has 0 spiro atoms. The Morgan fingerprint density at radius 2 is 2.14 bits per heavy atom. The Balaban J connectivity index is 0.000000360. The van der Waals surface area contributed by atoms with Gasteiger partial charge in [0.1, 0.15) is 6.61 Å². The highest BCUT2D eigenvalue weighted by atomic mass is 35.5. The van der Waals surface area contributed by atoms with Crippen molar-refractivity contribution < 1.29 is 22.5 Å². The molecule has 1 aliphatic heterocycles. The lowest BCUT2D eigenvalue weighted by Crippen LogP contribution is -3.00. The van der Waals surface area contributed by atoms with E-state index in [9.17, 15) is 0 Å². The Morgan fingerprint density at radius 3 is 2.14 bits per heavy atom. The molecular formula is C4H10ClNO. The molecule has 0 aromatic heterocycles. The zero-order valence-corrected chi connectivity index (χ0v) is 5.33. The van der Waals surface area contributed by atoms with Gasteiger partial charge in [0.2, 0.25) is 5.72 Å². The molecule has 1 aliphatic rings. The number of likely N-dealkylation sites (N-methyl/N-ethyl adjacent to an activating group) is 1. The van der Waals surface area contributed by atoms with Crippen LogP contribution in [-0.4, -0.2) is 19.4 Å². The van der Waals surface area contributed by atoms with Crippen molar-refractivity contribution in [2.24, 2.45) is 0 Å². The van der Waals surface area contributed by atoms with Gasteiger partial charge in [-0.3, -0.25) is 0 Å². The molecule has 2 N–H and O–H groups in total. The van der Waals surface area contributed by atoms with Gasteiger partial charge in [-0.25, -0.2) is 0 Å². The van der Waals surface area contributed by atoms with Crippen LogP contribution < -0.4 is 17.7 Å². The van der Waals surface area contributed by atoms with Crippen LogP contribution in [0.25, 0.3) is 0 Å². The van der Waals surface area contributed by atoms with Gasteiger partial charge >= 0.3 is 0 Å². The number of ether oxygens (including phenoxy) is 1. The van der Waals surface area contributed by atoms with E-state index in [1.54, 1.807) is 0 Å². The summed E-state index contributed by atoms with van der Waals surface area (Å²) in [5.41, 5.74) is 0.167. The minimum atomic E-state index is 0. The molecule has 1 fully saturated rings. The van der Waals surface area contributed by atoms with Gasteiger partial charge in [0.05, 0.1) is 7.05 Å². The highest BCUT2D eigenvalue weighted by Gasteiger charge is 2.42. The van der Waals surface area contributed by atoms with E-state index in [2.05, 4.69) is 12.2 Å². The van der Waals surface area contributed by atoms with E-state index in [-0.39, 0.29) is 18.1 Å². The van der Waals surface area contributed by atoms with Crippen LogP contribution in [0, 0.1) is 0 Å². The van der Waals surface area contributed by atoms with Gasteiger partial charge in [-0.1, -0.05) is 0 Å². The molecule has 1 atom stereocenters. The maximum absolute atomic E-state index is 4.99. The second-order valence-electron chi connectivity index (χ2n) is 1.89. The molecular weight excluding hydrogens is 114 g/mol. The molecule has 1 unspecified atom stereocenters. The second kappa shape index (κ2) is 1.99. The summed E-state index contributed by atoms with van der Waals surface area (Å²) in [6, 6.07) is 0. The summed E-state index contributed by atoms with van der Waals surface area (Å²) in [6.07, 6.45) is 0. The summed E-state index contributed by atoms with van der Waals surface area (Å²) in [5.74, 6) is 0. The lowest BCUT2D eigenvalue weighted by atomic mass is 10.4. The van der Waals surface area contributed by atoms with Gasteiger partial charge in [-0.15, -0.1) is 0 Å². The predicted octanol–water partition coefficient (Wildman–Crippen LogP) is -4.07. The van der Waals surface area contributed by atoms with Crippen LogP contribution in [0.5, 0.6) is 0 Å². The fraction of sp³-hybridized carbons (Fsp3) is 1.00. The number of nitrogens with two attached hydrogens (primary N) is 1. The lowest BCUT2D eigenvalue weighted by molar-refractivity contribution is -0.692. The van der Waals surface area contributed by atoms with Crippen LogP contribution in [0.1, 0.15) is 6.92 Å². The van der Waals surface area contributed by atoms with Gasteiger partial charge in [-0.2, -0.15) is 0 Å². The first-order valence-electron chi connectivity index (χ1n) is 2.21. The van der Waals surface area contributed by atoms with Crippen molar-refractivity contribution in [3.8, 4) is 0 Å². The van der Waals surface area contributed by atoms with Crippen molar-refractivity contribution in [2.45, 2.75) is 12.6 Å². The van der Waals surface area contributed by atoms with E-state index in [4.69, 9.17) is 4.74 Å². The molecule has 1 rings (SSSR count). The maximum Gasteiger partial charge on any atom is 0.221 e. The van der Waals surface area contributed by atoms with Crippen LogP contribution >= 0.6 is 0 Å². The smallest absolute Gasteiger partial charge is 0.221 e. The summed E-state index contributed by atoms with van der Waals surface area (Å²) in [7, 11) is 2.02. The van der Waals surface area contributed by atoms with Gasteiger partial charge < -0.3 is 22.5 Å². The number of hydrogen-bond acceptors (Lipinski definition) is 1. The summed E-state index contributed by atoms with van der Waals surface area (Å²) < 4.78 is 4.99. The van der Waals surface area contributed by atoms with Crippen molar-refractivity contribution in [1.29, 1.82) is 0 Å². The van der Waals surface area contributed by atoms with E-state index >= 15 is 0 Å². The molecule has 7 heavy (non-hydrogen) atoms. The third-order valence-corrected chi connectivity index (χ3v) is 1.21. The quantitative estimate of drug-likeness (QED) is 0.353. The largest absolute Gasteiger partial charge is 1.00 e. The molecule has 0 aliphatic carbocycles. The number of rotatable bonds is 1. The van der Waals surface area contributed by atoms with Gasteiger partial charge in [0.25, 0.3) is 0 Å². The Morgan fingerprint density at radius 1 is 1.71 bits per heavy atom. The Kier molecular flexibility index (Phi) is 2.05. The highest BCUT2D eigenvalue weighted by Crippen LogP contribution is 2.14. The zero-order valence-electron chi connectivity index (χ0n) is 4.57. The van der Waals surface area contributed by atoms with Crippen LogP contribution in [0.2, 0.25) is 0 Å². The summed E-state index contributed by atoms with van der Waals surface area (Å²) in [6.45, 7) is 3.00. The molecule has 3 heteroatoms. The molecule has 0 radical (unpaired) electrons. The molecule has 0 amide bonds. The van der Waals surface area contributed by atoms with E-state index < -0.39 is 0 Å². The normalized spacial score (nSPS) is 36.9. The molecule has 0 bridgehead atoms. The number of epoxide rings is 1. The molecule has 0 saturated carbocycles. The predicted molar refractivity (Wildman–Crippen MR) is 22.2 cm³/mol. The minimum Gasteiger partial charge on any atom is -1.00 e. The van der Waals surface area contributed by atoms with Crippen molar-refractivity contribution in [3.05, 3.63) is 0 Å². The summed E-state index contributed by atoms with van der Waals surface area (Å²) in [5, 5.41) is 2.08. The Hall–Kier alpha value is 0.210. The monoisotopic (exact) mass is 123 g/mol. The summed E-state index contributed by atoms with van der Waals surface area (Å²) in [4.78, 5) is 0. The molecule has 44 valence electrons. The number of halogens is 1. The highest BCUT2D eigenvalue weighted by molar-refractivity contribution is 4.69. The zero-order chi connectivity index (χ0) is 4.62. The third kappa shape index (κ3) is 1.63. The average Bonchev–Trinajstić information content (AvgIpc) is 2.22. The molecule has 1 heterocycles. The first-order chi connectivity index (χ1) is 2.77.